The monoisotopic (exact) mass is 565 g/mol. The standard InChI is InChI=1S/C22H24N2O.C16H27N/c1-2-3-9-15-23-20-12-7-8-13-21(20)24-16-14-19(17-25)22(24)18-10-5-4-6-11-18;1-5-11-17(4)16(12-14(2)3)13-15-9-7-6-8-10-15/h4-8,10-14,16-17,23H,2-3,9,15H2,1H3;6-10,14,16H,5,11-13H2,1-4H3. The number of hydrogen-bond acceptors (Lipinski definition) is 3. The molecule has 0 bridgehead atoms. The van der Waals surface area contributed by atoms with Crippen molar-refractivity contribution in [1.29, 1.82) is 0 Å². The zero-order valence-corrected chi connectivity index (χ0v) is 26.4. The van der Waals surface area contributed by atoms with Crippen molar-refractivity contribution < 1.29 is 4.79 Å². The largest absolute Gasteiger partial charge is 0.383 e. The van der Waals surface area contributed by atoms with Crippen LogP contribution in [0.25, 0.3) is 16.9 Å². The molecule has 4 heteroatoms. The van der Waals surface area contributed by atoms with Crippen LogP contribution in [-0.2, 0) is 6.42 Å². The Morgan fingerprint density at radius 3 is 2.14 bits per heavy atom. The van der Waals surface area contributed by atoms with Crippen molar-refractivity contribution in [2.45, 2.75) is 72.3 Å². The molecule has 0 aliphatic rings. The van der Waals surface area contributed by atoms with Crippen molar-refractivity contribution in [1.82, 2.24) is 9.47 Å². The number of carbonyl (C=O) groups is 1. The second-order valence-electron chi connectivity index (χ2n) is 11.6. The van der Waals surface area contributed by atoms with Crippen LogP contribution >= 0.6 is 0 Å². The number of aldehydes is 1. The van der Waals surface area contributed by atoms with Gasteiger partial charge in [-0.25, -0.2) is 0 Å². The summed E-state index contributed by atoms with van der Waals surface area (Å²) in [6, 6.07) is 31.7. The Kier molecular flexibility index (Phi) is 14.1. The second kappa shape index (κ2) is 18.0. The van der Waals surface area contributed by atoms with Gasteiger partial charge in [0.25, 0.3) is 0 Å². The molecule has 0 saturated heterocycles. The summed E-state index contributed by atoms with van der Waals surface area (Å²) in [6.07, 6.45) is 10.2. The lowest BCUT2D eigenvalue weighted by Gasteiger charge is -2.29. The maximum absolute atomic E-state index is 11.5. The predicted octanol–water partition coefficient (Wildman–Crippen LogP) is 9.54. The van der Waals surface area contributed by atoms with Gasteiger partial charge in [-0.15, -0.1) is 0 Å². The maximum atomic E-state index is 11.5. The first kappa shape index (κ1) is 32.9. The molecule has 42 heavy (non-hydrogen) atoms. The first-order valence-electron chi connectivity index (χ1n) is 15.8. The lowest BCUT2D eigenvalue weighted by Crippen LogP contribution is -2.35. The molecule has 4 nitrogen and oxygen atoms in total. The molecular formula is C38H51N3O. The molecule has 4 rings (SSSR count). The van der Waals surface area contributed by atoms with Crippen LogP contribution in [0.5, 0.6) is 0 Å². The van der Waals surface area contributed by atoms with E-state index in [9.17, 15) is 4.79 Å². The van der Waals surface area contributed by atoms with Gasteiger partial charge >= 0.3 is 0 Å². The number of hydrogen-bond donors (Lipinski definition) is 1. The van der Waals surface area contributed by atoms with Gasteiger partial charge in [0, 0.05) is 24.3 Å². The minimum Gasteiger partial charge on any atom is -0.383 e. The van der Waals surface area contributed by atoms with Crippen LogP contribution in [0.2, 0.25) is 0 Å². The molecular weight excluding hydrogens is 514 g/mol. The third-order valence-corrected chi connectivity index (χ3v) is 7.61. The fraction of sp³-hybridized carbons (Fsp3) is 0.395. The Labute approximate surface area is 254 Å². The molecule has 1 N–H and O–H groups in total. The molecule has 4 aromatic rings. The van der Waals surface area contributed by atoms with E-state index >= 15 is 0 Å². The summed E-state index contributed by atoms with van der Waals surface area (Å²) < 4.78 is 2.10. The molecule has 0 saturated carbocycles. The summed E-state index contributed by atoms with van der Waals surface area (Å²) in [6.45, 7) is 11.2. The lowest BCUT2D eigenvalue weighted by atomic mass is 9.96. The van der Waals surface area contributed by atoms with Crippen molar-refractivity contribution in [3.63, 3.8) is 0 Å². The Balaban J connectivity index is 0.000000250. The van der Waals surface area contributed by atoms with Crippen molar-refractivity contribution in [2.24, 2.45) is 5.92 Å². The SMILES string of the molecule is CCCCCNc1ccccc1-n1ccc(C=O)c1-c1ccccc1.CCCN(C)C(Cc1ccccc1)CC(C)C. The molecule has 0 aliphatic carbocycles. The van der Waals surface area contributed by atoms with E-state index in [2.05, 4.69) is 92.0 Å². The van der Waals surface area contributed by atoms with E-state index in [0.717, 1.165) is 47.8 Å². The van der Waals surface area contributed by atoms with Gasteiger partial charge in [-0.05, 0) is 74.5 Å². The highest BCUT2D eigenvalue weighted by molar-refractivity contribution is 5.87. The number of benzene rings is 3. The van der Waals surface area contributed by atoms with Gasteiger partial charge < -0.3 is 14.8 Å². The van der Waals surface area contributed by atoms with Gasteiger partial charge in [0.15, 0.2) is 6.29 Å². The third kappa shape index (κ3) is 10.0. The van der Waals surface area contributed by atoms with Crippen molar-refractivity contribution in [2.75, 3.05) is 25.5 Å². The smallest absolute Gasteiger partial charge is 0.152 e. The van der Waals surface area contributed by atoms with Crippen molar-refractivity contribution >= 4 is 12.0 Å². The average Bonchev–Trinajstić information content (AvgIpc) is 3.44. The first-order valence-corrected chi connectivity index (χ1v) is 15.8. The van der Waals surface area contributed by atoms with Crippen LogP contribution in [0.4, 0.5) is 5.69 Å². The van der Waals surface area contributed by atoms with E-state index < -0.39 is 0 Å². The number of para-hydroxylation sites is 2. The summed E-state index contributed by atoms with van der Waals surface area (Å²) >= 11 is 0. The Morgan fingerprint density at radius 2 is 1.50 bits per heavy atom. The van der Waals surface area contributed by atoms with E-state index in [4.69, 9.17) is 0 Å². The topological polar surface area (TPSA) is 37.3 Å². The van der Waals surface area contributed by atoms with Gasteiger partial charge in [0.2, 0.25) is 0 Å². The quantitative estimate of drug-likeness (QED) is 0.115. The number of likely N-dealkylation sites (N-methyl/N-ethyl adjacent to an activating group) is 1. The molecule has 1 atom stereocenters. The van der Waals surface area contributed by atoms with Crippen LogP contribution in [0.3, 0.4) is 0 Å². The summed E-state index contributed by atoms with van der Waals surface area (Å²) in [7, 11) is 2.26. The van der Waals surface area contributed by atoms with E-state index in [-0.39, 0.29) is 0 Å². The lowest BCUT2D eigenvalue weighted by molar-refractivity contribution is 0.112. The number of anilines is 1. The summed E-state index contributed by atoms with van der Waals surface area (Å²) in [5.74, 6) is 0.767. The number of carbonyl (C=O) groups excluding carboxylic acids is 1. The number of nitrogens with one attached hydrogen (secondary N) is 1. The van der Waals surface area contributed by atoms with Gasteiger partial charge in [-0.2, -0.15) is 0 Å². The fourth-order valence-electron chi connectivity index (χ4n) is 5.46. The zero-order chi connectivity index (χ0) is 30.2. The van der Waals surface area contributed by atoms with Gasteiger partial charge in [-0.3, -0.25) is 4.79 Å². The number of nitrogens with zero attached hydrogens (tertiary/aromatic N) is 2. The molecule has 0 spiro atoms. The minimum absolute atomic E-state index is 0.678. The molecule has 3 aromatic carbocycles. The van der Waals surface area contributed by atoms with E-state index in [1.807, 2.05) is 54.7 Å². The van der Waals surface area contributed by atoms with Crippen LogP contribution in [0.15, 0.2) is 97.2 Å². The van der Waals surface area contributed by atoms with Crippen LogP contribution in [0.1, 0.15) is 75.7 Å². The first-order chi connectivity index (χ1) is 20.5. The van der Waals surface area contributed by atoms with Crippen LogP contribution in [0, 0.1) is 5.92 Å². The fourth-order valence-corrected chi connectivity index (χ4v) is 5.46. The Hall–Kier alpha value is -3.63. The molecule has 0 amide bonds. The highest BCUT2D eigenvalue weighted by atomic mass is 16.1. The highest BCUT2D eigenvalue weighted by Gasteiger charge is 2.16. The molecule has 0 fully saturated rings. The molecule has 224 valence electrons. The normalized spacial score (nSPS) is 11.7. The molecule has 1 unspecified atom stereocenters. The van der Waals surface area contributed by atoms with Crippen molar-refractivity contribution in [3.05, 3.63) is 108 Å². The van der Waals surface area contributed by atoms with E-state index in [0.29, 0.717) is 11.6 Å². The third-order valence-electron chi connectivity index (χ3n) is 7.61. The minimum atomic E-state index is 0.678. The predicted molar refractivity (Wildman–Crippen MR) is 181 cm³/mol. The number of unbranched alkanes of at least 4 members (excludes halogenated alkanes) is 2. The summed E-state index contributed by atoms with van der Waals surface area (Å²) in [4.78, 5) is 14.1. The zero-order valence-electron chi connectivity index (χ0n) is 26.4. The summed E-state index contributed by atoms with van der Waals surface area (Å²) in [5, 5.41) is 3.54. The van der Waals surface area contributed by atoms with Crippen LogP contribution in [-0.4, -0.2) is 41.9 Å². The molecule has 1 aromatic heterocycles. The van der Waals surface area contributed by atoms with Gasteiger partial charge in [0.05, 0.1) is 17.1 Å². The van der Waals surface area contributed by atoms with Crippen LogP contribution < -0.4 is 5.32 Å². The maximum Gasteiger partial charge on any atom is 0.152 e. The van der Waals surface area contributed by atoms with E-state index in [1.54, 1.807) is 0 Å². The Morgan fingerprint density at radius 1 is 0.833 bits per heavy atom. The van der Waals surface area contributed by atoms with Gasteiger partial charge in [0.1, 0.15) is 0 Å². The second-order valence-corrected chi connectivity index (χ2v) is 11.6. The van der Waals surface area contributed by atoms with Crippen molar-refractivity contribution in [3.8, 4) is 16.9 Å². The Bertz CT molecular complexity index is 1300. The molecule has 0 aliphatic heterocycles. The average molecular weight is 566 g/mol. The molecule has 0 radical (unpaired) electrons. The highest BCUT2D eigenvalue weighted by Crippen LogP contribution is 2.30. The summed E-state index contributed by atoms with van der Waals surface area (Å²) in [5.41, 5.74) is 6.27. The number of aromatic nitrogens is 1. The van der Waals surface area contributed by atoms with E-state index in [1.165, 1.54) is 44.2 Å². The van der Waals surface area contributed by atoms with Gasteiger partial charge in [-0.1, -0.05) is 113 Å². The molecule has 1 heterocycles. The number of rotatable bonds is 15.